The zero-order valence-corrected chi connectivity index (χ0v) is 23.7. The topological polar surface area (TPSA) is 80.8 Å². The zero-order chi connectivity index (χ0) is 29.0. The van der Waals surface area contributed by atoms with E-state index in [0.29, 0.717) is 17.0 Å². The monoisotopic (exact) mass is 544 g/mol. The Labute approximate surface area is 233 Å². The number of ether oxygens (including phenoxy) is 1. The molecule has 0 spiro atoms. The second-order valence-electron chi connectivity index (χ2n) is 12.2. The minimum Gasteiger partial charge on any atom is -0.462 e. The molecule has 1 aliphatic carbocycles. The van der Waals surface area contributed by atoms with E-state index in [2.05, 4.69) is 16.2 Å². The molecule has 0 N–H and O–H groups in total. The van der Waals surface area contributed by atoms with Crippen LogP contribution in [0.3, 0.4) is 0 Å². The van der Waals surface area contributed by atoms with E-state index in [1.165, 1.54) is 0 Å². The number of hydrogen-bond acceptors (Lipinski definition) is 5. The van der Waals surface area contributed by atoms with Gasteiger partial charge in [0.15, 0.2) is 0 Å². The Bertz CT molecular complexity index is 1510. The fourth-order valence-corrected chi connectivity index (χ4v) is 6.59. The third-order valence-electron chi connectivity index (χ3n) is 8.64. The highest BCUT2D eigenvalue weighted by Crippen LogP contribution is 2.60. The normalized spacial score (nSPS) is 27.8. The van der Waals surface area contributed by atoms with Gasteiger partial charge in [-0.05, 0) is 37.1 Å². The molecule has 2 aliphatic rings. The minimum atomic E-state index is -3.12. The van der Waals surface area contributed by atoms with Crippen molar-refractivity contribution in [2.24, 2.45) is 24.8 Å². The van der Waals surface area contributed by atoms with E-state index in [9.17, 15) is 10.1 Å². The van der Waals surface area contributed by atoms with Gasteiger partial charge in [-0.1, -0.05) is 58.0 Å². The first-order chi connectivity index (χ1) is 18.8. The second kappa shape index (κ2) is 9.65. The summed E-state index contributed by atoms with van der Waals surface area (Å²) in [6.07, 6.45) is 3.98. The van der Waals surface area contributed by atoms with Crippen molar-refractivity contribution in [1.29, 1.82) is 5.26 Å². The van der Waals surface area contributed by atoms with Gasteiger partial charge in [-0.3, -0.25) is 14.5 Å². The maximum Gasteiger partial charge on any atom is 0.319 e. The average Bonchev–Trinajstić information content (AvgIpc) is 3.42. The molecule has 1 saturated heterocycles. The molecule has 0 bridgehead atoms. The lowest BCUT2D eigenvalue weighted by atomic mass is 9.55. The second-order valence-corrected chi connectivity index (χ2v) is 12.2. The Morgan fingerprint density at radius 2 is 1.90 bits per heavy atom. The van der Waals surface area contributed by atoms with Crippen molar-refractivity contribution in [3.05, 3.63) is 77.4 Å². The van der Waals surface area contributed by atoms with Gasteiger partial charge in [-0.25, -0.2) is 8.78 Å². The SMILES string of the molecule is C[C@H]1OC(=O)[C@]2(c3cc(C(C)(C)C)n(C)n3)CC(F)(F)[C@@H](C)[C@H](C=Cc3ccc(-c4ccccc4C#N)cn3)[C@H]12. The molecular weight excluding hydrogens is 510 g/mol. The lowest BCUT2D eigenvalue weighted by Crippen LogP contribution is -2.56. The van der Waals surface area contributed by atoms with E-state index in [4.69, 9.17) is 4.74 Å². The number of nitrogens with zero attached hydrogens (tertiary/aromatic N) is 4. The number of halogens is 2. The molecule has 40 heavy (non-hydrogen) atoms. The standard InChI is InChI=1S/C32H34F2N4O2/c1-19-24(14-13-23-12-11-22(17-36-23)25-10-8-7-9-21(25)16-35)28-20(2)40-29(39)31(28,18-32(19,33)34)26-15-27(30(3,4)5)38(6)37-26/h7-15,17,19-20,24,28H,18H2,1-6H3/t19-,20+,24-,28-,31-/m0/s1. The van der Waals surface area contributed by atoms with Crippen molar-refractivity contribution in [3.63, 3.8) is 0 Å². The summed E-state index contributed by atoms with van der Waals surface area (Å²) in [5.74, 6) is -5.95. The fourth-order valence-electron chi connectivity index (χ4n) is 6.59. The molecule has 0 unspecified atom stereocenters. The van der Waals surface area contributed by atoms with Gasteiger partial charge in [-0.2, -0.15) is 10.4 Å². The molecule has 5 atom stereocenters. The molecule has 1 aliphatic heterocycles. The Balaban J connectivity index is 1.54. The zero-order valence-electron chi connectivity index (χ0n) is 23.7. The summed E-state index contributed by atoms with van der Waals surface area (Å²) < 4.78 is 39.0. The summed E-state index contributed by atoms with van der Waals surface area (Å²) >= 11 is 0. The number of aryl methyl sites for hydroxylation is 1. The van der Waals surface area contributed by atoms with Crippen LogP contribution in [-0.4, -0.2) is 32.8 Å². The molecule has 208 valence electrons. The number of carbonyl (C=O) groups is 1. The number of aromatic nitrogens is 3. The van der Waals surface area contributed by atoms with E-state index in [0.717, 1.165) is 16.8 Å². The lowest BCUT2D eigenvalue weighted by molar-refractivity contribution is -0.157. The summed E-state index contributed by atoms with van der Waals surface area (Å²) in [4.78, 5) is 18.0. The molecule has 3 aromatic rings. The van der Waals surface area contributed by atoms with Crippen molar-refractivity contribution in [2.45, 2.75) is 63.9 Å². The molecular formula is C32H34F2N4O2. The first-order valence-electron chi connectivity index (χ1n) is 13.6. The first-order valence-corrected chi connectivity index (χ1v) is 13.6. The van der Waals surface area contributed by atoms with Crippen LogP contribution in [0.1, 0.15) is 63.7 Å². The van der Waals surface area contributed by atoms with Gasteiger partial charge >= 0.3 is 5.97 Å². The van der Waals surface area contributed by atoms with Gasteiger partial charge in [0, 0.05) is 53.7 Å². The van der Waals surface area contributed by atoms with Crippen LogP contribution in [0.5, 0.6) is 0 Å². The number of allylic oxidation sites excluding steroid dienone is 1. The Hall–Kier alpha value is -3.86. The number of cyclic esters (lactones) is 1. The van der Waals surface area contributed by atoms with Gasteiger partial charge in [0.1, 0.15) is 11.5 Å². The molecule has 0 amide bonds. The number of fused-ring (bicyclic) bond motifs is 1. The van der Waals surface area contributed by atoms with E-state index in [1.807, 2.05) is 39.0 Å². The number of alkyl halides is 2. The van der Waals surface area contributed by atoms with Crippen LogP contribution in [0.4, 0.5) is 8.78 Å². The highest BCUT2D eigenvalue weighted by Gasteiger charge is 2.69. The summed E-state index contributed by atoms with van der Waals surface area (Å²) in [7, 11) is 1.78. The van der Waals surface area contributed by atoms with Crippen LogP contribution in [0, 0.1) is 29.1 Å². The van der Waals surface area contributed by atoms with Crippen molar-refractivity contribution in [3.8, 4) is 17.2 Å². The lowest BCUT2D eigenvalue weighted by Gasteiger charge is -2.47. The van der Waals surface area contributed by atoms with Gasteiger partial charge in [0.25, 0.3) is 5.92 Å². The summed E-state index contributed by atoms with van der Waals surface area (Å²) in [5.41, 5.74) is 2.08. The molecule has 2 aromatic heterocycles. The van der Waals surface area contributed by atoms with Crippen LogP contribution in [-0.2, 0) is 27.4 Å². The van der Waals surface area contributed by atoms with Crippen LogP contribution in [0.15, 0.2) is 54.7 Å². The predicted octanol–water partition coefficient (Wildman–Crippen LogP) is 6.46. The van der Waals surface area contributed by atoms with Crippen LogP contribution in [0.2, 0.25) is 0 Å². The molecule has 3 heterocycles. The Kier molecular flexibility index (Phi) is 6.68. The third kappa shape index (κ3) is 4.42. The molecule has 2 fully saturated rings. The Morgan fingerprint density at radius 3 is 2.52 bits per heavy atom. The van der Waals surface area contributed by atoms with Gasteiger partial charge < -0.3 is 4.74 Å². The molecule has 1 aromatic carbocycles. The summed E-state index contributed by atoms with van der Waals surface area (Å²) in [6.45, 7) is 9.41. The highest BCUT2D eigenvalue weighted by atomic mass is 19.3. The molecule has 5 rings (SSSR count). The number of esters is 1. The number of benzene rings is 1. The smallest absolute Gasteiger partial charge is 0.319 e. The van der Waals surface area contributed by atoms with Crippen LogP contribution >= 0.6 is 0 Å². The van der Waals surface area contributed by atoms with Crippen molar-refractivity contribution < 1.29 is 18.3 Å². The maximum atomic E-state index is 15.8. The molecule has 6 nitrogen and oxygen atoms in total. The average molecular weight is 545 g/mol. The van der Waals surface area contributed by atoms with E-state index >= 15 is 8.78 Å². The number of carbonyl (C=O) groups excluding carboxylic acids is 1. The van der Waals surface area contributed by atoms with Gasteiger partial charge in [0.05, 0.1) is 23.0 Å². The van der Waals surface area contributed by atoms with E-state index in [1.54, 1.807) is 68.2 Å². The quantitative estimate of drug-likeness (QED) is 0.353. The van der Waals surface area contributed by atoms with Crippen molar-refractivity contribution in [1.82, 2.24) is 14.8 Å². The number of pyridine rings is 1. The number of nitriles is 1. The van der Waals surface area contributed by atoms with Gasteiger partial charge in [-0.15, -0.1) is 0 Å². The van der Waals surface area contributed by atoms with Crippen LogP contribution < -0.4 is 0 Å². The molecule has 8 heteroatoms. The van der Waals surface area contributed by atoms with Gasteiger partial charge in [0.2, 0.25) is 0 Å². The number of rotatable bonds is 4. The summed E-state index contributed by atoms with van der Waals surface area (Å²) in [6, 6.07) is 14.9. The predicted molar refractivity (Wildman–Crippen MR) is 148 cm³/mol. The summed E-state index contributed by atoms with van der Waals surface area (Å²) in [5, 5.41) is 14.1. The van der Waals surface area contributed by atoms with E-state index in [-0.39, 0.29) is 5.41 Å². The third-order valence-corrected chi connectivity index (χ3v) is 8.64. The van der Waals surface area contributed by atoms with Crippen molar-refractivity contribution in [2.75, 3.05) is 0 Å². The first kappa shape index (κ1) is 27.7. The Morgan fingerprint density at radius 1 is 1.18 bits per heavy atom. The minimum absolute atomic E-state index is 0.282. The number of hydrogen-bond donors (Lipinski definition) is 0. The molecule has 0 radical (unpaired) electrons. The van der Waals surface area contributed by atoms with Crippen molar-refractivity contribution >= 4 is 12.0 Å². The fraction of sp³-hybridized carbons (Fsp3) is 0.438. The van der Waals surface area contributed by atoms with E-state index < -0.39 is 47.6 Å². The largest absolute Gasteiger partial charge is 0.462 e. The highest BCUT2D eigenvalue weighted by molar-refractivity contribution is 5.86. The maximum absolute atomic E-state index is 15.8. The van der Waals surface area contributed by atoms with Crippen LogP contribution in [0.25, 0.3) is 17.2 Å². The molecule has 1 saturated carbocycles.